The van der Waals surface area contributed by atoms with Crippen molar-refractivity contribution in [1.82, 2.24) is 9.88 Å². The number of nitrogens with zero attached hydrogens (tertiary/aromatic N) is 1. The van der Waals surface area contributed by atoms with Crippen LogP contribution in [-0.2, 0) is 19.1 Å². The van der Waals surface area contributed by atoms with E-state index >= 15 is 0 Å². The van der Waals surface area contributed by atoms with Gasteiger partial charge in [-0.05, 0) is 49.8 Å². The molecule has 29 heavy (non-hydrogen) atoms. The number of carbonyl (C=O) groups is 2. The van der Waals surface area contributed by atoms with Crippen molar-refractivity contribution in [3.05, 3.63) is 35.5 Å². The number of benzene rings is 1. The third-order valence-electron chi connectivity index (χ3n) is 6.60. The van der Waals surface area contributed by atoms with Gasteiger partial charge in [-0.25, -0.2) is 0 Å². The number of methoxy groups -OCH3 is 2. The topological polar surface area (TPSA) is 71.6 Å². The monoisotopic (exact) mass is 398 g/mol. The Bertz CT molecular complexity index is 874. The lowest BCUT2D eigenvalue weighted by Crippen LogP contribution is -2.40. The third-order valence-corrected chi connectivity index (χ3v) is 6.60. The minimum absolute atomic E-state index is 0.395. The first-order chi connectivity index (χ1) is 14.1. The van der Waals surface area contributed by atoms with Gasteiger partial charge in [0.15, 0.2) is 5.92 Å². The largest absolute Gasteiger partial charge is 0.468 e. The van der Waals surface area contributed by atoms with Crippen molar-refractivity contribution in [2.45, 2.75) is 50.5 Å². The summed E-state index contributed by atoms with van der Waals surface area (Å²) in [5.41, 5.74) is 4.02. The van der Waals surface area contributed by atoms with Crippen molar-refractivity contribution >= 4 is 22.8 Å². The number of H-pyrrole nitrogens is 1. The fourth-order valence-electron chi connectivity index (χ4n) is 5.22. The van der Waals surface area contributed by atoms with Gasteiger partial charge in [0.25, 0.3) is 0 Å². The number of hydrogen-bond acceptors (Lipinski definition) is 5. The quantitative estimate of drug-likeness (QED) is 0.590. The Morgan fingerprint density at radius 2 is 1.93 bits per heavy atom. The van der Waals surface area contributed by atoms with E-state index in [4.69, 9.17) is 9.47 Å². The van der Waals surface area contributed by atoms with Crippen molar-refractivity contribution in [2.24, 2.45) is 5.92 Å². The van der Waals surface area contributed by atoms with Gasteiger partial charge in [-0.1, -0.05) is 31.0 Å². The first-order valence-electron chi connectivity index (χ1n) is 10.6. The van der Waals surface area contributed by atoms with Gasteiger partial charge in [-0.15, -0.1) is 0 Å². The summed E-state index contributed by atoms with van der Waals surface area (Å²) in [4.78, 5) is 30.3. The standard InChI is InChI=1S/C23H30N2O4/c1-28-22(26)17(23(27)29-2)10-7-8-15-14-25-13-6-5-12-19(25)21-20(15)16-9-3-4-11-18(16)24-21/h3-4,9,11,15,17,19,24H,5-8,10,12-14H2,1-2H3. The minimum Gasteiger partial charge on any atom is -0.468 e. The van der Waals surface area contributed by atoms with Gasteiger partial charge in [0.2, 0.25) is 0 Å². The van der Waals surface area contributed by atoms with Crippen molar-refractivity contribution in [1.29, 1.82) is 0 Å². The molecule has 156 valence electrons. The highest BCUT2D eigenvalue weighted by atomic mass is 16.5. The van der Waals surface area contributed by atoms with E-state index in [-0.39, 0.29) is 0 Å². The fourth-order valence-corrected chi connectivity index (χ4v) is 5.22. The molecule has 2 aliphatic rings. The van der Waals surface area contributed by atoms with Crippen LogP contribution in [0.5, 0.6) is 0 Å². The van der Waals surface area contributed by atoms with Crippen molar-refractivity contribution < 1.29 is 19.1 Å². The highest BCUT2D eigenvalue weighted by molar-refractivity contribution is 5.94. The molecule has 0 aliphatic carbocycles. The molecule has 6 heteroatoms. The van der Waals surface area contributed by atoms with Gasteiger partial charge in [-0.3, -0.25) is 14.5 Å². The van der Waals surface area contributed by atoms with Gasteiger partial charge in [-0.2, -0.15) is 0 Å². The molecule has 6 nitrogen and oxygen atoms in total. The predicted octanol–water partition coefficient (Wildman–Crippen LogP) is 3.92. The van der Waals surface area contributed by atoms with Gasteiger partial charge >= 0.3 is 11.9 Å². The van der Waals surface area contributed by atoms with E-state index in [0.29, 0.717) is 18.4 Å². The van der Waals surface area contributed by atoms with Crippen LogP contribution in [0, 0.1) is 5.92 Å². The molecular weight excluding hydrogens is 368 g/mol. The van der Waals surface area contributed by atoms with E-state index in [0.717, 1.165) is 25.9 Å². The van der Waals surface area contributed by atoms with Crippen LogP contribution in [0.1, 0.15) is 61.7 Å². The average molecular weight is 399 g/mol. The van der Waals surface area contributed by atoms with E-state index in [9.17, 15) is 9.59 Å². The Balaban J connectivity index is 1.56. The Labute approximate surface area is 171 Å². The number of esters is 2. The van der Waals surface area contributed by atoms with Gasteiger partial charge in [0.05, 0.1) is 20.3 Å². The maximum atomic E-state index is 12.0. The Hall–Kier alpha value is -2.34. The first kappa shape index (κ1) is 20.0. The van der Waals surface area contributed by atoms with Gasteiger partial charge in [0.1, 0.15) is 0 Å². The van der Waals surface area contributed by atoms with Crippen LogP contribution in [0.25, 0.3) is 10.9 Å². The molecule has 1 aromatic heterocycles. The Kier molecular flexibility index (Phi) is 5.90. The molecular formula is C23H30N2O4. The molecule has 0 amide bonds. The molecule has 2 aromatic rings. The first-order valence-corrected chi connectivity index (χ1v) is 10.6. The summed E-state index contributed by atoms with van der Waals surface area (Å²) in [6, 6.07) is 9.03. The molecule has 0 radical (unpaired) electrons. The number of aromatic amines is 1. The zero-order valence-electron chi connectivity index (χ0n) is 17.3. The van der Waals surface area contributed by atoms with Crippen molar-refractivity contribution in [3.8, 4) is 0 Å². The summed E-state index contributed by atoms with van der Waals surface area (Å²) in [7, 11) is 2.63. The molecule has 2 atom stereocenters. The number of carbonyl (C=O) groups excluding carboxylic acids is 2. The highest BCUT2D eigenvalue weighted by Gasteiger charge is 2.37. The average Bonchev–Trinajstić information content (AvgIpc) is 3.16. The molecule has 3 heterocycles. The number of hydrogen-bond donors (Lipinski definition) is 1. The number of rotatable bonds is 6. The van der Waals surface area contributed by atoms with Crippen LogP contribution < -0.4 is 0 Å². The molecule has 0 bridgehead atoms. The number of piperidine rings is 1. The van der Waals surface area contributed by atoms with E-state index in [2.05, 4.69) is 34.1 Å². The number of aromatic nitrogens is 1. The summed E-state index contributed by atoms with van der Waals surface area (Å²) >= 11 is 0. The van der Waals surface area contributed by atoms with E-state index in [1.165, 1.54) is 55.6 Å². The SMILES string of the molecule is COC(=O)C(CCCC1CN2CCCCC2c2[nH]c3ccccc3c21)C(=O)OC. The number of nitrogens with one attached hydrogen (secondary N) is 1. The molecule has 1 saturated heterocycles. The number of ether oxygens (including phenoxy) is 2. The molecule has 2 unspecified atom stereocenters. The smallest absolute Gasteiger partial charge is 0.320 e. The second kappa shape index (κ2) is 8.57. The molecule has 0 saturated carbocycles. The Morgan fingerprint density at radius 3 is 2.69 bits per heavy atom. The molecule has 0 spiro atoms. The summed E-state index contributed by atoms with van der Waals surface area (Å²) in [5.74, 6) is -1.46. The maximum Gasteiger partial charge on any atom is 0.320 e. The summed E-state index contributed by atoms with van der Waals surface area (Å²) in [5, 5.41) is 1.32. The van der Waals surface area contributed by atoms with Crippen LogP contribution in [0.4, 0.5) is 0 Å². The molecule has 1 aromatic carbocycles. The van der Waals surface area contributed by atoms with Gasteiger partial charge in [0, 0.05) is 23.1 Å². The zero-order chi connectivity index (χ0) is 20.4. The third kappa shape index (κ3) is 3.78. The summed E-state index contributed by atoms with van der Waals surface area (Å²) in [6.07, 6.45) is 5.90. The van der Waals surface area contributed by atoms with E-state index < -0.39 is 17.9 Å². The van der Waals surface area contributed by atoms with Crippen molar-refractivity contribution in [2.75, 3.05) is 27.3 Å². The maximum absolute atomic E-state index is 12.0. The molecule has 2 aliphatic heterocycles. The zero-order valence-corrected chi connectivity index (χ0v) is 17.3. The lowest BCUT2D eigenvalue weighted by molar-refractivity contribution is -0.159. The van der Waals surface area contributed by atoms with Crippen LogP contribution in [0.2, 0.25) is 0 Å². The molecule has 4 rings (SSSR count). The minimum atomic E-state index is -0.834. The molecule has 1 N–H and O–H groups in total. The molecule has 1 fully saturated rings. The van der Waals surface area contributed by atoms with E-state index in [1.54, 1.807) is 0 Å². The van der Waals surface area contributed by atoms with Crippen LogP contribution >= 0.6 is 0 Å². The number of para-hydroxylation sites is 1. The van der Waals surface area contributed by atoms with Gasteiger partial charge < -0.3 is 14.5 Å². The highest BCUT2D eigenvalue weighted by Crippen LogP contribution is 2.45. The fraction of sp³-hybridized carbons (Fsp3) is 0.565. The predicted molar refractivity (Wildman–Crippen MR) is 111 cm³/mol. The summed E-state index contributed by atoms with van der Waals surface area (Å²) < 4.78 is 9.59. The van der Waals surface area contributed by atoms with E-state index in [1.807, 2.05) is 0 Å². The lowest BCUT2D eigenvalue weighted by atomic mass is 9.81. The van der Waals surface area contributed by atoms with Crippen LogP contribution in [-0.4, -0.2) is 49.1 Å². The van der Waals surface area contributed by atoms with Crippen molar-refractivity contribution in [3.63, 3.8) is 0 Å². The van der Waals surface area contributed by atoms with Crippen LogP contribution in [0.15, 0.2) is 24.3 Å². The second-order valence-electron chi connectivity index (χ2n) is 8.23. The Morgan fingerprint density at radius 1 is 1.17 bits per heavy atom. The normalized spacial score (nSPS) is 21.6. The van der Waals surface area contributed by atoms with Crippen LogP contribution in [0.3, 0.4) is 0 Å². The second-order valence-corrected chi connectivity index (χ2v) is 8.23. The number of fused-ring (bicyclic) bond motifs is 5. The lowest BCUT2D eigenvalue weighted by Gasteiger charge is -2.42. The summed E-state index contributed by atoms with van der Waals surface area (Å²) in [6.45, 7) is 2.18.